The van der Waals surface area contributed by atoms with Crippen molar-refractivity contribution in [1.29, 1.82) is 0 Å². The Balaban J connectivity index is 1.50. The maximum absolute atomic E-state index is 13.1. The van der Waals surface area contributed by atoms with E-state index in [2.05, 4.69) is 21.2 Å². The molecule has 1 atom stereocenters. The van der Waals surface area contributed by atoms with E-state index in [1.807, 2.05) is 79.7 Å². The Morgan fingerprint density at radius 1 is 1.09 bits per heavy atom. The number of fused-ring (bicyclic) bond motifs is 2. The van der Waals surface area contributed by atoms with Crippen molar-refractivity contribution in [2.45, 2.75) is 19.7 Å². The van der Waals surface area contributed by atoms with Gasteiger partial charge in [0.25, 0.3) is 5.91 Å². The molecule has 2 aliphatic heterocycles. The average Bonchev–Trinajstić information content (AvgIpc) is 2.83. The van der Waals surface area contributed by atoms with E-state index in [0.717, 1.165) is 37.7 Å². The lowest BCUT2D eigenvalue weighted by Crippen LogP contribution is -2.50. The van der Waals surface area contributed by atoms with Crippen molar-refractivity contribution >= 4 is 44.5 Å². The number of amides is 1. The van der Waals surface area contributed by atoms with E-state index in [0.29, 0.717) is 17.5 Å². The molecule has 0 aromatic heterocycles. The summed E-state index contributed by atoms with van der Waals surface area (Å²) in [5.74, 6) is 1.40. The molecule has 0 aliphatic carbocycles. The number of hydrogen-bond acceptors (Lipinski definition) is 6. The van der Waals surface area contributed by atoms with Gasteiger partial charge in [0.05, 0.1) is 5.36 Å². The van der Waals surface area contributed by atoms with E-state index in [1.54, 1.807) is 5.01 Å². The van der Waals surface area contributed by atoms with Gasteiger partial charge in [-0.2, -0.15) is 0 Å². The molecule has 1 amide bonds. The van der Waals surface area contributed by atoms with Crippen LogP contribution >= 0.6 is 27.7 Å². The summed E-state index contributed by atoms with van der Waals surface area (Å²) in [6.45, 7) is 2.53. The second-order valence-corrected chi connectivity index (χ2v) is 9.66. The molecule has 2 aliphatic rings. The van der Waals surface area contributed by atoms with Gasteiger partial charge in [-0.05, 0) is 47.2 Å². The van der Waals surface area contributed by atoms with Gasteiger partial charge in [0, 0.05) is 9.69 Å². The summed E-state index contributed by atoms with van der Waals surface area (Å²) in [6.07, 6.45) is -0.449. The zero-order chi connectivity index (χ0) is 22.8. The van der Waals surface area contributed by atoms with Crippen LogP contribution in [0.2, 0.25) is 0 Å². The summed E-state index contributed by atoms with van der Waals surface area (Å²) in [4.78, 5) is 18.0. The number of thioether (sulfide) groups is 1. The van der Waals surface area contributed by atoms with Gasteiger partial charge in [0.1, 0.15) is 18.1 Å². The van der Waals surface area contributed by atoms with Crippen molar-refractivity contribution in [2.75, 3.05) is 5.75 Å². The average molecular weight is 521 g/mol. The van der Waals surface area contributed by atoms with Crippen LogP contribution in [0.3, 0.4) is 0 Å². The number of carbonyl (C=O) groups excluding carboxylic acids is 1. The maximum Gasteiger partial charge on any atom is 0.276 e. The topological polar surface area (TPSA) is 66.3 Å². The third-order valence-electron chi connectivity index (χ3n) is 5.28. The fraction of sp³-hybridized carbons (Fsp3) is 0.160. The van der Waals surface area contributed by atoms with Crippen LogP contribution in [-0.2, 0) is 11.4 Å². The maximum atomic E-state index is 13.1. The molecular formula is C25H21BrN4O2S. The number of halogens is 1. The first-order valence-corrected chi connectivity index (χ1v) is 12.4. The van der Waals surface area contributed by atoms with Gasteiger partial charge >= 0.3 is 0 Å². The monoisotopic (exact) mass is 520 g/mol. The fourth-order valence-corrected chi connectivity index (χ4v) is 4.69. The number of hydrazone groups is 1. The van der Waals surface area contributed by atoms with Crippen molar-refractivity contribution in [3.63, 3.8) is 0 Å². The second-order valence-electron chi connectivity index (χ2n) is 7.49. The molecule has 0 bridgehead atoms. The van der Waals surface area contributed by atoms with Gasteiger partial charge in [-0.3, -0.25) is 15.1 Å². The lowest BCUT2D eigenvalue weighted by atomic mass is 10.1. The number of rotatable bonds is 5. The van der Waals surface area contributed by atoms with E-state index in [-0.39, 0.29) is 5.91 Å². The van der Waals surface area contributed by atoms with E-state index >= 15 is 0 Å². The quantitative estimate of drug-likeness (QED) is 0.553. The fourth-order valence-electron chi connectivity index (χ4n) is 3.75. The molecule has 1 N–H and O–H groups in total. The van der Waals surface area contributed by atoms with Crippen molar-refractivity contribution in [3.8, 4) is 5.75 Å². The van der Waals surface area contributed by atoms with E-state index in [9.17, 15) is 4.79 Å². The normalized spacial score (nSPS) is 16.8. The molecule has 2 heterocycles. The van der Waals surface area contributed by atoms with Crippen LogP contribution in [0.5, 0.6) is 5.75 Å². The molecular weight excluding hydrogens is 500 g/mol. The van der Waals surface area contributed by atoms with Crippen molar-refractivity contribution < 1.29 is 9.53 Å². The van der Waals surface area contributed by atoms with Crippen LogP contribution in [0.4, 0.5) is 0 Å². The molecule has 0 fully saturated rings. The number of benzene rings is 3. The minimum absolute atomic E-state index is 0.178. The first kappa shape index (κ1) is 21.7. The number of amidine groups is 1. The number of hydrogen-bond donors (Lipinski definition) is 1. The van der Waals surface area contributed by atoms with Crippen LogP contribution in [0, 0.1) is 0 Å². The van der Waals surface area contributed by atoms with Gasteiger partial charge in [-0.15, -0.1) is 5.10 Å². The minimum Gasteiger partial charge on any atom is -0.489 e. The van der Waals surface area contributed by atoms with E-state index in [4.69, 9.17) is 14.8 Å². The SMILES string of the molecule is CCSC1=NN2C(=c3cc(Br)ccc3=N[C@@H]2c2ccc(OCc3ccccc3)cc2)C(=O)N1. The number of nitrogens with zero attached hydrogens (tertiary/aromatic N) is 3. The van der Waals surface area contributed by atoms with Gasteiger partial charge in [0.2, 0.25) is 0 Å². The standard InChI is InChI=1S/C25H21BrN4O2S/c1-2-33-25-28-24(31)22-20-14-18(26)10-13-21(20)27-23(30(22)29-25)17-8-11-19(12-9-17)32-15-16-6-4-3-5-7-16/h3-14,23H,2,15H2,1H3,(H,28,29,31)/t23-/m0/s1. The van der Waals surface area contributed by atoms with Crippen LogP contribution in [0.1, 0.15) is 24.2 Å². The van der Waals surface area contributed by atoms with E-state index in [1.165, 1.54) is 11.8 Å². The Bertz CT molecular complexity index is 1340. The molecule has 33 heavy (non-hydrogen) atoms. The molecule has 0 radical (unpaired) electrons. The molecule has 3 aromatic rings. The molecule has 0 unspecified atom stereocenters. The zero-order valence-corrected chi connectivity index (χ0v) is 20.3. The third kappa shape index (κ3) is 4.54. The molecule has 0 saturated heterocycles. The molecule has 5 rings (SSSR count). The molecule has 0 spiro atoms. The predicted molar refractivity (Wildman–Crippen MR) is 134 cm³/mol. The Hall–Kier alpha value is -3.10. The molecule has 3 aromatic carbocycles. The Morgan fingerprint density at radius 3 is 2.64 bits per heavy atom. The lowest BCUT2D eigenvalue weighted by Gasteiger charge is -2.34. The summed E-state index contributed by atoms with van der Waals surface area (Å²) < 4.78 is 6.81. The highest BCUT2D eigenvalue weighted by Crippen LogP contribution is 2.31. The van der Waals surface area contributed by atoms with Crippen LogP contribution in [-0.4, -0.2) is 21.8 Å². The van der Waals surface area contributed by atoms with Gasteiger partial charge in [-0.1, -0.05) is 77.1 Å². The molecule has 166 valence electrons. The molecule has 0 saturated carbocycles. The number of ether oxygens (including phenoxy) is 1. The summed E-state index contributed by atoms with van der Waals surface area (Å²) in [7, 11) is 0. The summed E-state index contributed by atoms with van der Waals surface area (Å²) in [6, 6.07) is 23.6. The first-order chi connectivity index (χ1) is 16.1. The number of nitrogens with one attached hydrogen (secondary N) is 1. The first-order valence-electron chi connectivity index (χ1n) is 10.6. The summed E-state index contributed by atoms with van der Waals surface area (Å²) in [5, 5.41) is 11.5. The third-order valence-corrected chi connectivity index (χ3v) is 6.52. The second kappa shape index (κ2) is 9.41. The van der Waals surface area contributed by atoms with Crippen molar-refractivity contribution in [3.05, 3.63) is 99.0 Å². The minimum atomic E-state index is -0.449. The highest BCUT2D eigenvalue weighted by molar-refractivity contribution is 9.10. The smallest absolute Gasteiger partial charge is 0.276 e. The van der Waals surface area contributed by atoms with Crippen LogP contribution in [0.15, 0.2) is 87.4 Å². The molecule has 8 heteroatoms. The van der Waals surface area contributed by atoms with Crippen LogP contribution < -0.4 is 20.6 Å². The van der Waals surface area contributed by atoms with Crippen molar-refractivity contribution in [2.24, 2.45) is 10.1 Å². The highest BCUT2D eigenvalue weighted by Gasteiger charge is 2.34. The lowest BCUT2D eigenvalue weighted by molar-refractivity contribution is -0.116. The van der Waals surface area contributed by atoms with Crippen molar-refractivity contribution in [1.82, 2.24) is 10.3 Å². The Morgan fingerprint density at radius 2 is 1.88 bits per heavy atom. The Kier molecular flexibility index (Phi) is 6.20. The van der Waals surface area contributed by atoms with Crippen LogP contribution in [0.25, 0.3) is 5.70 Å². The highest BCUT2D eigenvalue weighted by atomic mass is 79.9. The Labute approximate surface area is 204 Å². The molecule has 6 nitrogen and oxygen atoms in total. The van der Waals surface area contributed by atoms with Gasteiger partial charge in [0.15, 0.2) is 11.3 Å². The predicted octanol–water partition coefficient (Wildman–Crippen LogP) is 3.92. The zero-order valence-electron chi connectivity index (χ0n) is 17.9. The summed E-state index contributed by atoms with van der Waals surface area (Å²) in [5.41, 5.74) is 2.53. The van der Waals surface area contributed by atoms with E-state index < -0.39 is 6.17 Å². The summed E-state index contributed by atoms with van der Waals surface area (Å²) >= 11 is 5.00. The van der Waals surface area contributed by atoms with Gasteiger partial charge < -0.3 is 4.74 Å². The number of carbonyl (C=O) groups is 1. The largest absolute Gasteiger partial charge is 0.489 e. The van der Waals surface area contributed by atoms with Gasteiger partial charge in [-0.25, -0.2) is 5.01 Å².